The van der Waals surface area contributed by atoms with Crippen LogP contribution in [0.25, 0.3) is 5.57 Å². The fourth-order valence-corrected chi connectivity index (χ4v) is 4.55. The Labute approximate surface area is 247 Å². The molecule has 0 bridgehead atoms. The van der Waals surface area contributed by atoms with E-state index in [0.717, 1.165) is 12.1 Å². The van der Waals surface area contributed by atoms with E-state index >= 15 is 0 Å². The first-order chi connectivity index (χ1) is 20.0. The van der Waals surface area contributed by atoms with Crippen LogP contribution in [0.3, 0.4) is 0 Å². The number of carboxylic acids is 4. The van der Waals surface area contributed by atoms with Gasteiger partial charge >= 0.3 is 23.9 Å². The molecule has 0 aromatic heterocycles. The molecule has 12 heteroatoms. The Hall–Kier alpha value is -5.32. The lowest BCUT2D eigenvalue weighted by atomic mass is 9.97. The summed E-state index contributed by atoms with van der Waals surface area (Å²) in [7, 11) is 0. The van der Waals surface area contributed by atoms with Crippen LogP contribution in [0, 0.1) is 0 Å². The second-order valence-corrected chi connectivity index (χ2v) is 9.36. The number of hydrogen-bond donors (Lipinski definition) is 4. The molecule has 0 fully saturated rings. The molecule has 0 radical (unpaired) electrons. The number of ether oxygens (including phenoxy) is 2. The Bertz CT molecular complexity index is 1650. The maximum absolute atomic E-state index is 12.0. The zero-order chi connectivity index (χ0) is 30.6. The van der Waals surface area contributed by atoms with Crippen LogP contribution in [0.5, 0.6) is 23.0 Å². The fraction of sp³-hybridized carbons (Fsp3) is 0. The Balaban J connectivity index is 1.86. The van der Waals surface area contributed by atoms with Crippen LogP contribution in [-0.4, -0.2) is 44.3 Å². The Kier molecular flexibility index (Phi) is 8.80. The minimum absolute atomic E-state index is 0.0465. The highest BCUT2D eigenvalue weighted by molar-refractivity contribution is 6.59. The summed E-state index contributed by atoms with van der Waals surface area (Å²) in [5, 5.41) is 38.4. The summed E-state index contributed by atoms with van der Waals surface area (Å²) in [6.45, 7) is 0. The number of halogens is 2. The lowest BCUT2D eigenvalue weighted by molar-refractivity contribution is 0.0649. The molecule has 4 aromatic carbocycles. The summed E-state index contributed by atoms with van der Waals surface area (Å²) in [4.78, 5) is 47.2. The SMILES string of the molecule is O=C(O)c1cccc(Oc2ccccc2C(=C(Cl)Cl)c2ccccc2Oc2cccc(C(=O)O)c2C(=O)O)c1C(=O)O. The average molecular weight is 609 g/mol. The average Bonchev–Trinajstić information content (AvgIpc) is 2.94. The molecule has 0 aliphatic heterocycles. The van der Waals surface area contributed by atoms with Gasteiger partial charge in [0.05, 0.1) is 11.1 Å². The van der Waals surface area contributed by atoms with Crippen molar-refractivity contribution in [3.8, 4) is 23.0 Å². The van der Waals surface area contributed by atoms with Crippen LogP contribution in [0.15, 0.2) is 89.4 Å². The van der Waals surface area contributed by atoms with Gasteiger partial charge in [-0.2, -0.15) is 0 Å². The lowest BCUT2D eigenvalue weighted by Gasteiger charge is -2.19. The van der Waals surface area contributed by atoms with Crippen molar-refractivity contribution in [1.82, 2.24) is 0 Å². The van der Waals surface area contributed by atoms with Crippen molar-refractivity contribution in [2.75, 3.05) is 0 Å². The van der Waals surface area contributed by atoms with Gasteiger partial charge in [0.1, 0.15) is 38.6 Å². The van der Waals surface area contributed by atoms with Crippen LogP contribution in [0.2, 0.25) is 0 Å². The number of rotatable bonds is 10. The van der Waals surface area contributed by atoms with Gasteiger partial charge in [0.15, 0.2) is 0 Å². The summed E-state index contributed by atoms with van der Waals surface area (Å²) >= 11 is 12.7. The molecule has 0 aliphatic carbocycles. The van der Waals surface area contributed by atoms with Gasteiger partial charge in [-0.25, -0.2) is 19.2 Å². The fourth-order valence-electron chi connectivity index (χ4n) is 4.14. The smallest absolute Gasteiger partial charge is 0.340 e. The van der Waals surface area contributed by atoms with E-state index in [-0.39, 0.29) is 44.2 Å². The zero-order valence-electron chi connectivity index (χ0n) is 21.1. The summed E-state index contributed by atoms with van der Waals surface area (Å²) in [5.74, 6) is -6.41. The molecule has 4 aromatic rings. The molecule has 0 amide bonds. The number of aromatic carboxylic acids is 4. The molecular formula is C30H18Cl2O10. The number of hydrogen-bond acceptors (Lipinski definition) is 6. The standard InChI is InChI=1S/C30H18Cl2O10/c31-26(32)23(15-7-1-3-11-19(15)41-21-13-5-9-17(27(33)34)24(21)29(37)38)16-8-2-4-12-20(16)42-22-14-6-10-18(28(35)36)25(22)30(39)40/h1-14H,(H,33,34)(H,35,36)(H,37,38)(H,39,40). The monoisotopic (exact) mass is 608 g/mol. The molecule has 4 rings (SSSR count). The molecule has 212 valence electrons. The molecule has 0 spiro atoms. The predicted octanol–water partition coefficient (Wildman–Crippen LogP) is 7.26. The number of carbonyl (C=O) groups is 4. The quantitative estimate of drug-likeness (QED) is 0.144. The van der Waals surface area contributed by atoms with Gasteiger partial charge in [-0.05, 0) is 36.4 Å². The van der Waals surface area contributed by atoms with Crippen LogP contribution in [0.1, 0.15) is 52.6 Å². The highest BCUT2D eigenvalue weighted by atomic mass is 35.5. The van der Waals surface area contributed by atoms with Crippen molar-refractivity contribution in [2.24, 2.45) is 0 Å². The molecule has 4 N–H and O–H groups in total. The van der Waals surface area contributed by atoms with E-state index in [0.29, 0.717) is 0 Å². The van der Waals surface area contributed by atoms with E-state index in [4.69, 9.17) is 32.7 Å². The topological polar surface area (TPSA) is 168 Å². The number of carboxylic acid groups (broad SMARTS) is 4. The molecule has 0 aliphatic rings. The first kappa shape index (κ1) is 29.7. The first-order valence-electron chi connectivity index (χ1n) is 11.8. The van der Waals surface area contributed by atoms with Crippen molar-refractivity contribution in [1.29, 1.82) is 0 Å². The van der Waals surface area contributed by atoms with Crippen molar-refractivity contribution in [2.45, 2.75) is 0 Å². The second-order valence-electron chi connectivity index (χ2n) is 8.41. The summed E-state index contributed by atoms with van der Waals surface area (Å²) in [6, 6.07) is 20.0. The van der Waals surface area contributed by atoms with Crippen molar-refractivity contribution in [3.63, 3.8) is 0 Å². The van der Waals surface area contributed by atoms with Crippen molar-refractivity contribution < 1.29 is 49.1 Å². The summed E-state index contributed by atoms with van der Waals surface area (Å²) in [6.07, 6.45) is 0. The van der Waals surface area contributed by atoms with Gasteiger partial charge in [0.25, 0.3) is 0 Å². The highest BCUT2D eigenvalue weighted by Gasteiger charge is 2.26. The molecule has 10 nitrogen and oxygen atoms in total. The molecule has 0 saturated carbocycles. The molecule has 42 heavy (non-hydrogen) atoms. The van der Waals surface area contributed by atoms with Gasteiger partial charge in [0, 0.05) is 16.7 Å². The third-order valence-electron chi connectivity index (χ3n) is 5.88. The van der Waals surface area contributed by atoms with E-state index in [1.54, 1.807) is 36.4 Å². The molecular weight excluding hydrogens is 591 g/mol. The predicted molar refractivity (Wildman–Crippen MR) is 151 cm³/mol. The largest absolute Gasteiger partial charge is 0.478 e. The Morgan fingerprint density at radius 3 is 1.12 bits per heavy atom. The number of para-hydroxylation sites is 2. The zero-order valence-corrected chi connectivity index (χ0v) is 22.6. The molecule has 0 heterocycles. The lowest BCUT2D eigenvalue weighted by Crippen LogP contribution is -2.10. The van der Waals surface area contributed by atoms with Crippen LogP contribution >= 0.6 is 23.2 Å². The van der Waals surface area contributed by atoms with Gasteiger partial charge in [-0.1, -0.05) is 71.7 Å². The van der Waals surface area contributed by atoms with Crippen molar-refractivity contribution in [3.05, 3.63) is 123 Å². The van der Waals surface area contributed by atoms with E-state index in [2.05, 4.69) is 0 Å². The summed E-state index contributed by atoms with van der Waals surface area (Å²) in [5.41, 5.74) is -1.52. The summed E-state index contributed by atoms with van der Waals surface area (Å²) < 4.78 is 11.6. The third kappa shape index (κ3) is 6.04. The maximum Gasteiger partial charge on any atom is 0.340 e. The molecule has 0 saturated heterocycles. The van der Waals surface area contributed by atoms with Crippen LogP contribution in [-0.2, 0) is 0 Å². The van der Waals surface area contributed by atoms with Crippen LogP contribution in [0.4, 0.5) is 0 Å². The normalized spacial score (nSPS) is 10.4. The Morgan fingerprint density at radius 1 is 0.452 bits per heavy atom. The van der Waals surface area contributed by atoms with Crippen LogP contribution < -0.4 is 9.47 Å². The number of benzene rings is 4. The second kappa shape index (κ2) is 12.5. The minimum atomic E-state index is -1.52. The van der Waals surface area contributed by atoms with Gasteiger partial charge in [0.2, 0.25) is 0 Å². The Morgan fingerprint density at radius 2 is 0.786 bits per heavy atom. The van der Waals surface area contributed by atoms with E-state index in [1.807, 2.05) is 0 Å². The van der Waals surface area contributed by atoms with Gasteiger partial charge < -0.3 is 29.9 Å². The van der Waals surface area contributed by atoms with E-state index in [1.165, 1.54) is 36.4 Å². The first-order valence-corrected chi connectivity index (χ1v) is 12.6. The molecule has 0 unspecified atom stereocenters. The maximum atomic E-state index is 12.0. The van der Waals surface area contributed by atoms with Gasteiger partial charge in [-0.3, -0.25) is 0 Å². The minimum Gasteiger partial charge on any atom is -0.478 e. The molecule has 0 atom stereocenters. The van der Waals surface area contributed by atoms with E-state index < -0.39 is 46.1 Å². The van der Waals surface area contributed by atoms with E-state index in [9.17, 15) is 39.6 Å². The van der Waals surface area contributed by atoms with Crippen molar-refractivity contribution >= 4 is 52.7 Å². The highest BCUT2D eigenvalue weighted by Crippen LogP contribution is 2.43. The van der Waals surface area contributed by atoms with Gasteiger partial charge in [-0.15, -0.1) is 0 Å². The third-order valence-corrected chi connectivity index (χ3v) is 6.26.